The smallest absolute Gasteiger partial charge is 0.239 e. The molecule has 0 bridgehead atoms. The molecule has 1 aromatic carbocycles. The number of benzene rings is 1. The van der Waals surface area contributed by atoms with Gasteiger partial charge in [0.15, 0.2) is 0 Å². The molecule has 1 heterocycles. The SMILES string of the molecule is O=C1CSCC(=O)N1CCCc1ccccc1. The summed E-state index contributed by atoms with van der Waals surface area (Å²) in [7, 11) is 0. The summed E-state index contributed by atoms with van der Waals surface area (Å²) in [4.78, 5) is 24.5. The van der Waals surface area contributed by atoms with Crippen LogP contribution in [0.5, 0.6) is 0 Å². The second-order valence-electron chi connectivity index (χ2n) is 4.02. The molecule has 0 spiro atoms. The maximum Gasteiger partial charge on any atom is 0.239 e. The molecule has 17 heavy (non-hydrogen) atoms. The van der Waals surface area contributed by atoms with E-state index in [1.165, 1.54) is 22.2 Å². The second-order valence-corrected chi connectivity index (χ2v) is 5.01. The highest BCUT2D eigenvalue weighted by molar-refractivity contribution is 8.00. The number of hydrogen-bond donors (Lipinski definition) is 0. The van der Waals surface area contributed by atoms with E-state index in [1.54, 1.807) is 0 Å². The lowest BCUT2D eigenvalue weighted by Gasteiger charge is -2.24. The summed E-state index contributed by atoms with van der Waals surface area (Å²) >= 11 is 1.40. The molecule has 3 nitrogen and oxygen atoms in total. The minimum absolute atomic E-state index is 0.0423. The lowest BCUT2D eigenvalue weighted by atomic mass is 10.1. The van der Waals surface area contributed by atoms with Crippen molar-refractivity contribution in [3.05, 3.63) is 35.9 Å². The number of carbonyl (C=O) groups excluding carboxylic acids is 2. The molecular formula is C13H15NO2S. The largest absolute Gasteiger partial charge is 0.281 e. The quantitative estimate of drug-likeness (QED) is 0.763. The van der Waals surface area contributed by atoms with Crippen molar-refractivity contribution in [1.82, 2.24) is 4.90 Å². The molecule has 1 aromatic rings. The number of thioether (sulfide) groups is 1. The van der Waals surface area contributed by atoms with Gasteiger partial charge in [-0.15, -0.1) is 11.8 Å². The van der Waals surface area contributed by atoms with Crippen LogP contribution in [0.15, 0.2) is 30.3 Å². The van der Waals surface area contributed by atoms with Gasteiger partial charge in [0.05, 0.1) is 11.5 Å². The van der Waals surface area contributed by atoms with Gasteiger partial charge in [0.25, 0.3) is 0 Å². The van der Waals surface area contributed by atoms with Crippen molar-refractivity contribution in [2.75, 3.05) is 18.1 Å². The van der Waals surface area contributed by atoms with Gasteiger partial charge >= 0.3 is 0 Å². The zero-order chi connectivity index (χ0) is 12.1. The van der Waals surface area contributed by atoms with Crippen LogP contribution < -0.4 is 0 Å². The zero-order valence-corrected chi connectivity index (χ0v) is 10.4. The molecule has 1 aliphatic heterocycles. The number of amides is 2. The topological polar surface area (TPSA) is 37.4 Å². The fourth-order valence-corrected chi connectivity index (χ4v) is 2.62. The average molecular weight is 249 g/mol. The number of rotatable bonds is 4. The van der Waals surface area contributed by atoms with Crippen molar-refractivity contribution in [1.29, 1.82) is 0 Å². The molecule has 1 aliphatic rings. The first-order chi connectivity index (χ1) is 8.27. The molecule has 0 aliphatic carbocycles. The van der Waals surface area contributed by atoms with Crippen molar-refractivity contribution in [2.45, 2.75) is 12.8 Å². The van der Waals surface area contributed by atoms with E-state index in [2.05, 4.69) is 12.1 Å². The van der Waals surface area contributed by atoms with Crippen LogP contribution in [-0.2, 0) is 16.0 Å². The molecule has 0 N–H and O–H groups in total. The molecule has 0 unspecified atom stereocenters. The van der Waals surface area contributed by atoms with Crippen LogP contribution in [0.3, 0.4) is 0 Å². The van der Waals surface area contributed by atoms with Crippen molar-refractivity contribution >= 4 is 23.6 Å². The molecule has 0 aromatic heterocycles. The Labute approximate surface area is 105 Å². The summed E-state index contributed by atoms with van der Waals surface area (Å²) < 4.78 is 0. The van der Waals surface area contributed by atoms with E-state index in [1.807, 2.05) is 18.2 Å². The number of aryl methyl sites for hydroxylation is 1. The Hall–Kier alpha value is -1.29. The molecule has 90 valence electrons. The van der Waals surface area contributed by atoms with E-state index >= 15 is 0 Å². The first-order valence-corrected chi connectivity index (χ1v) is 6.88. The van der Waals surface area contributed by atoms with Crippen molar-refractivity contribution in [3.8, 4) is 0 Å². The van der Waals surface area contributed by atoms with Crippen LogP contribution >= 0.6 is 11.8 Å². The third kappa shape index (κ3) is 3.33. The third-order valence-corrected chi connectivity index (χ3v) is 3.65. The molecule has 2 amide bonds. The number of carbonyl (C=O) groups is 2. The van der Waals surface area contributed by atoms with Crippen molar-refractivity contribution < 1.29 is 9.59 Å². The fraction of sp³-hybridized carbons (Fsp3) is 0.385. The van der Waals surface area contributed by atoms with Gasteiger partial charge < -0.3 is 0 Å². The molecule has 0 radical (unpaired) electrons. The lowest BCUT2D eigenvalue weighted by Crippen LogP contribution is -2.43. The van der Waals surface area contributed by atoms with Crippen LogP contribution in [0.25, 0.3) is 0 Å². The normalized spacial score (nSPS) is 16.4. The monoisotopic (exact) mass is 249 g/mol. The molecule has 2 rings (SSSR count). The van der Waals surface area contributed by atoms with Gasteiger partial charge in [-0.05, 0) is 18.4 Å². The van der Waals surface area contributed by atoms with Crippen molar-refractivity contribution in [3.63, 3.8) is 0 Å². The molecule has 1 fully saturated rings. The standard InChI is InChI=1S/C13H15NO2S/c15-12-9-17-10-13(16)14(12)8-4-7-11-5-2-1-3-6-11/h1-3,5-6H,4,7-10H2. The third-order valence-electron chi connectivity index (χ3n) is 2.74. The molecule has 4 heteroatoms. The molecular weight excluding hydrogens is 234 g/mol. The number of nitrogens with zero attached hydrogens (tertiary/aromatic N) is 1. The van der Waals surface area contributed by atoms with Crippen LogP contribution in [0.4, 0.5) is 0 Å². The highest BCUT2D eigenvalue weighted by atomic mass is 32.2. The minimum atomic E-state index is -0.0423. The van der Waals surface area contributed by atoms with Gasteiger partial charge in [-0.25, -0.2) is 0 Å². The minimum Gasteiger partial charge on any atom is -0.281 e. The van der Waals surface area contributed by atoms with E-state index in [-0.39, 0.29) is 11.8 Å². The predicted molar refractivity (Wildman–Crippen MR) is 68.8 cm³/mol. The maximum atomic E-state index is 11.5. The van der Waals surface area contributed by atoms with Crippen molar-refractivity contribution in [2.24, 2.45) is 0 Å². The van der Waals surface area contributed by atoms with Gasteiger partial charge in [-0.2, -0.15) is 0 Å². The lowest BCUT2D eigenvalue weighted by molar-refractivity contribution is -0.142. The number of hydrogen-bond acceptors (Lipinski definition) is 3. The Morgan fingerprint density at radius 3 is 2.35 bits per heavy atom. The fourth-order valence-electron chi connectivity index (χ4n) is 1.86. The summed E-state index contributed by atoms with van der Waals surface area (Å²) in [6.07, 6.45) is 1.75. The average Bonchev–Trinajstić information content (AvgIpc) is 2.34. The first kappa shape index (κ1) is 12.2. The summed E-state index contributed by atoms with van der Waals surface area (Å²) in [5, 5.41) is 0. The molecule has 1 saturated heterocycles. The van der Waals surface area contributed by atoms with Gasteiger partial charge in [-0.1, -0.05) is 30.3 Å². The van der Waals surface area contributed by atoms with E-state index < -0.39 is 0 Å². The highest BCUT2D eigenvalue weighted by Gasteiger charge is 2.25. The van der Waals surface area contributed by atoms with Gasteiger partial charge in [0.2, 0.25) is 11.8 Å². The van der Waals surface area contributed by atoms with E-state index in [9.17, 15) is 9.59 Å². The summed E-state index contributed by atoms with van der Waals surface area (Å²) in [5.41, 5.74) is 1.25. The Kier molecular flexibility index (Phi) is 4.20. The Morgan fingerprint density at radius 2 is 1.71 bits per heavy atom. The predicted octanol–water partition coefficient (Wildman–Crippen LogP) is 1.72. The summed E-state index contributed by atoms with van der Waals surface area (Å²) in [5.74, 6) is 0.798. The van der Waals surface area contributed by atoms with Crippen LogP contribution in [0.2, 0.25) is 0 Å². The van der Waals surface area contributed by atoms with E-state index in [0.29, 0.717) is 18.1 Å². The van der Waals surface area contributed by atoms with Gasteiger partial charge in [-0.3, -0.25) is 14.5 Å². The Morgan fingerprint density at radius 1 is 1.06 bits per heavy atom. The molecule has 0 saturated carbocycles. The van der Waals surface area contributed by atoms with Crippen LogP contribution in [0.1, 0.15) is 12.0 Å². The second kappa shape index (κ2) is 5.87. The van der Waals surface area contributed by atoms with Crippen LogP contribution in [-0.4, -0.2) is 34.8 Å². The Balaban J connectivity index is 1.81. The maximum absolute atomic E-state index is 11.5. The first-order valence-electron chi connectivity index (χ1n) is 5.72. The van der Waals surface area contributed by atoms with E-state index in [0.717, 1.165) is 12.8 Å². The molecule has 0 atom stereocenters. The number of imide groups is 1. The van der Waals surface area contributed by atoms with Gasteiger partial charge in [0, 0.05) is 6.54 Å². The Bertz CT molecular complexity index is 389. The zero-order valence-electron chi connectivity index (χ0n) is 9.59. The summed E-state index contributed by atoms with van der Waals surface area (Å²) in [6, 6.07) is 10.1. The summed E-state index contributed by atoms with van der Waals surface area (Å²) in [6.45, 7) is 0.549. The van der Waals surface area contributed by atoms with Crippen LogP contribution in [0, 0.1) is 0 Å². The highest BCUT2D eigenvalue weighted by Crippen LogP contribution is 2.13. The van der Waals surface area contributed by atoms with E-state index in [4.69, 9.17) is 0 Å². The van der Waals surface area contributed by atoms with Gasteiger partial charge in [0.1, 0.15) is 0 Å².